The molecule has 21 heavy (non-hydrogen) atoms. The van der Waals surface area contributed by atoms with Crippen molar-refractivity contribution in [3.05, 3.63) is 47.2 Å². The molecule has 112 valence electrons. The van der Waals surface area contributed by atoms with E-state index in [9.17, 15) is 4.79 Å². The molecule has 4 nitrogen and oxygen atoms in total. The van der Waals surface area contributed by atoms with Crippen LogP contribution in [0.1, 0.15) is 25.8 Å². The van der Waals surface area contributed by atoms with E-state index in [0.29, 0.717) is 17.3 Å². The molecule has 2 rings (SSSR count). The van der Waals surface area contributed by atoms with Crippen LogP contribution in [0.15, 0.2) is 41.6 Å². The number of allylic oxidation sites excluding steroid dienone is 1. The second kappa shape index (κ2) is 7.22. The Bertz CT molecular complexity index is 555. The summed E-state index contributed by atoms with van der Waals surface area (Å²) in [6.07, 6.45) is 1.66. The lowest BCUT2D eigenvalue weighted by atomic mass is 9.96. The Morgan fingerprint density at radius 2 is 2.05 bits per heavy atom. The van der Waals surface area contributed by atoms with Gasteiger partial charge in [0.15, 0.2) is 5.11 Å². The largest absolute Gasteiger partial charge is 0.463 e. The second-order valence-electron chi connectivity index (χ2n) is 4.93. The Kier molecular flexibility index (Phi) is 5.33. The number of thiocarbonyl (C=S) groups is 1. The maximum absolute atomic E-state index is 12.1. The minimum Gasteiger partial charge on any atom is -0.463 e. The summed E-state index contributed by atoms with van der Waals surface area (Å²) in [5.41, 5.74) is 2.65. The lowest BCUT2D eigenvalue weighted by Gasteiger charge is -2.29. The van der Waals surface area contributed by atoms with Crippen LogP contribution in [0.25, 0.3) is 0 Å². The van der Waals surface area contributed by atoms with Crippen LogP contribution in [0.4, 0.5) is 0 Å². The molecule has 0 spiro atoms. The highest BCUT2D eigenvalue weighted by atomic mass is 32.1. The van der Waals surface area contributed by atoms with Crippen LogP contribution in [-0.2, 0) is 16.0 Å². The van der Waals surface area contributed by atoms with Crippen molar-refractivity contribution in [3.8, 4) is 0 Å². The van der Waals surface area contributed by atoms with Crippen LogP contribution < -0.4 is 10.6 Å². The van der Waals surface area contributed by atoms with Gasteiger partial charge < -0.3 is 15.4 Å². The Labute approximate surface area is 130 Å². The van der Waals surface area contributed by atoms with Gasteiger partial charge in [-0.3, -0.25) is 0 Å². The molecule has 0 radical (unpaired) electrons. The minimum absolute atomic E-state index is 0.113. The zero-order chi connectivity index (χ0) is 15.2. The highest BCUT2D eigenvalue weighted by Gasteiger charge is 2.29. The van der Waals surface area contributed by atoms with Gasteiger partial charge in [0, 0.05) is 5.70 Å². The Hall–Kier alpha value is -1.88. The number of esters is 1. The van der Waals surface area contributed by atoms with E-state index >= 15 is 0 Å². The fraction of sp³-hybridized carbons (Fsp3) is 0.375. The maximum atomic E-state index is 12.1. The summed E-state index contributed by atoms with van der Waals surface area (Å²) >= 11 is 5.19. The number of hydrogen-bond acceptors (Lipinski definition) is 3. The quantitative estimate of drug-likeness (QED) is 0.646. The SMILES string of the molecule is CCOC(=O)C1=C(C)NC(=S)NC1CCc1ccccc1. The Balaban J connectivity index is 2.12. The lowest BCUT2D eigenvalue weighted by molar-refractivity contribution is -0.139. The number of aryl methyl sites for hydroxylation is 1. The van der Waals surface area contributed by atoms with Crippen molar-refractivity contribution >= 4 is 23.3 Å². The van der Waals surface area contributed by atoms with E-state index in [1.165, 1.54) is 5.56 Å². The molecule has 0 bridgehead atoms. The van der Waals surface area contributed by atoms with Crippen molar-refractivity contribution < 1.29 is 9.53 Å². The fourth-order valence-electron chi connectivity index (χ4n) is 2.44. The summed E-state index contributed by atoms with van der Waals surface area (Å²) in [6.45, 7) is 4.03. The molecule has 1 aliphatic rings. The number of hydrogen-bond donors (Lipinski definition) is 2. The minimum atomic E-state index is -0.282. The van der Waals surface area contributed by atoms with Crippen LogP contribution in [-0.4, -0.2) is 23.7 Å². The smallest absolute Gasteiger partial charge is 0.337 e. The summed E-state index contributed by atoms with van der Waals surface area (Å²) in [7, 11) is 0. The van der Waals surface area contributed by atoms with Crippen LogP contribution in [0.5, 0.6) is 0 Å². The number of ether oxygens (including phenoxy) is 1. The van der Waals surface area contributed by atoms with Gasteiger partial charge in [-0.05, 0) is 44.5 Å². The first kappa shape index (κ1) is 15.5. The number of benzene rings is 1. The van der Waals surface area contributed by atoms with Gasteiger partial charge >= 0.3 is 5.97 Å². The molecule has 2 N–H and O–H groups in total. The highest BCUT2D eigenvalue weighted by Crippen LogP contribution is 2.18. The summed E-state index contributed by atoms with van der Waals surface area (Å²) in [5, 5.41) is 6.72. The lowest BCUT2D eigenvalue weighted by Crippen LogP contribution is -2.50. The summed E-state index contributed by atoms with van der Waals surface area (Å²) in [4.78, 5) is 12.1. The van der Waals surface area contributed by atoms with Crippen LogP contribution >= 0.6 is 12.2 Å². The van der Waals surface area contributed by atoms with Crippen molar-refractivity contribution in [3.63, 3.8) is 0 Å². The average molecular weight is 304 g/mol. The van der Waals surface area contributed by atoms with E-state index in [-0.39, 0.29) is 12.0 Å². The zero-order valence-electron chi connectivity index (χ0n) is 12.3. The van der Waals surface area contributed by atoms with E-state index in [4.69, 9.17) is 17.0 Å². The van der Waals surface area contributed by atoms with Gasteiger partial charge in [-0.2, -0.15) is 0 Å². The molecule has 1 heterocycles. The standard InChI is InChI=1S/C16H20N2O2S/c1-3-20-15(19)14-11(2)17-16(21)18-13(14)10-9-12-7-5-4-6-8-12/h4-8,13H,3,9-10H2,1-2H3,(H2,17,18,21). The maximum Gasteiger partial charge on any atom is 0.337 e. The molecular formula is C16H20N2O2S. The average Bonchev–Trinajstić information content (AvgIpc) is 2.45. The number of rotatable bonds is 5. The third kappa shape index (κ3) is 4.04. The molecule has 0 saturated heterocycles. The van der Waals surface area contributed by atoms with Crippen molar-refractivity contribution in [2.24, 2.45) is 0 Å². The van der Waals surface area contributed by atoms with Gasteiger partial charge in [-0.15, -0.1) is 0 Å². The molecule has 0 saturated carbocycles. The van der Waals surface area contributed by atoms with Gasteiger partial charge in [0.1, 0.15) is 0 Å². The molecule has 1 atom stereocenters. The highest BCUT2D eigenvalue weighted by molar-refractivity contribution is 7.80. The fourth-order valence-corrected chi connectivity index (χ4v) is 2.74. The van der Waals surface area contributed by atoms with E-state index in [1.807, 2.05) is 25.1 Å². The van der Waals surface area contributed by atoms with Crippen molar-refractivity contribution in [2.75, 3.05) is 6.61 Å². The van der Waals surface area contributed by atoms with Gasteiger partial charge in [0.2, 0.25) is 0 Å². The molecule has 1 aromatic rings. The summed E-state index contributed by atoms with van der Waals surface area (Å²) < 4.78 is 5.15. The molecular weight excluding hydrogens is 284 g/mol. The van der Waals surface area contributed by atoms with Gasteiger partial charge in [-0.25, -0.2) is 4.79 Å². The van der Waals surface area contributed by atoms with E-state index in [2.05, 4.69) is 22.8 Å². The molecule has 1 aromatic carbocycles. The third-order valence-corrected chi connectivity index (χ3v) is 3.64. The number of nitrogens with one attached hydrogen (secondary N) is 2. The molecule has 5 heteroatoms. The monoisotopic (exact) mass is 304 g/mol. The summed E-state index contributed by atoms with van der Waals surface area (Å²) in [5.74, 6) is -0.282. The zero-order valence-corrected chi connectivity index (χ0v) is 13.1. The number of carbonyl (C=O) groups excluding carboxylic acids is 1. The normalized spacial score (nSPS) is 18.0. The molecule has 0 amide bonds. The Morgan fingerprint density at radius 1 is 1.33 bits per heavy atom. The molecule has 1 aliphatic heterocycles. The second-order valence-corrected chi connectivity index (χ2v) is 5.34. The van der Waals surface area contributed by atoms with Crippen LogP contribution in [0.3, 0.4) is 0 Å². The summed E-state index contributed by atoms with van der Waals surface area (Å²) in [6, 6.07) is 10.1. The predicted molar refractivity (Wildman–Crippen MR) is 86.8 cm³/mol. The first-order valence-corrected chi connectivity index (χ1v) is 7.52. The van der Waals surface area contributed by atoms with E-state index in [0.717, 1.165) is 18.5 Å². The molecule has 0 aliphatic carbocycles. The Morgan fingerprint density at radius 3 is 2.71 bits per heavy atom. The third-order valence-electron chi connectivity index (χ3n) is 3.42. The topological polar surface area (TPSA) is 50.4 Å². The molecule has 0 fully saturated rings. The predicted octanol–water partition coefficient (Wildman–Crippen LogP) is 2.30. The van der Waals surface area contributed by atoms with Crippen molar-refractivity contribution in [2.45, 2.75) is 32.7 Å². The molecule has 0 aromatic heterocycles. The van der Waals surface area contributed by atoms with Crippen molar-refractivity contribution in [1.29, 1.82) is 0 Å². The van der Waals surface area contributed by atoms with Crippen molar-refractivity contribution in [1.82, 2.24) is 10.6 Å². The van der Waals surface area contributed by atoms with E-state index in [1.54, 1.807) is 6.92 Å². The van der Waals surface area contributed by atoms with E-state index < -0.39 is 0 Å². The van der Waals surface area contributed by atoms with Crippen LogP contribution in [0, 0.1) is 0 Å². The first-order chi connectivity index (χ1) is 10.1. The van der Waals surface area contributed by atoms with Gasteiger partial charge in [-0.1, -0.05) is 30.3 Å². The van der Waals surface area contributed by atoms with Gasteiger partial charge in [0.05, 0.1) is 18.2 Å². The molecule has 1 unspecified atom stereocenters. The van der Waals surface area contributed by atoms with Crippen LogP contribution in [0.2, 0.25) is 0 Å². The first-order valence-electron chi connectivity index (χ1n) is 7.11. The number of carbonyl (C=O) groups is 1. The van der Waals surface area contributed by atoms with Gasteiger partial charge in [0.25, 0.3) is 0 Å².